The average molecular weight is 339 g/mol. The normalized spacial score (nSPS) is 15.6. The predicted octanol–water partition coefficient (Wildman–Crippen LogP) is 0.384. The van der Waals surface area contributed by atoms with Crippen molar-refractivity contribution in [1.29, 1.82) is 0 Å². The average Bonchev–Trinajstić information content (AvgIpc) is 3.32. The Kier molecular flexibility index (Phi) is 4.38. The molecule has 0 aliphatic carbocycles. The van der Waals surface area contributed by atoms with Crippen molar-refractivity contribution in [3.63, 3.8) is 0 Å². The number of anilines is 1. The van der Waals surface area contributed by atoms with E-state index < -0.39 is 0 Å². The molecule has 1 aliphatic rings. The molecule has 1 fully saturated rings. The van der Waals surface area contributed by atoms with Crippen LogP contribution in [0.2, 0.25) is 0 Å². The third-order valence-corrected chi connectivity index (χ3v) is 4.41. The number of hydrogen-bond donors (Lipinski definition) is 0. The zero-order valence-electron chi connectivity index (χ0n) is 14.2. The summed E-state index contributed by atoms with van der Waals surface area (Å²) < 4.78 is 3.66. The van der Waals surface area contributed by atoms with Gasteiger partial charge in [0.25, 0.3) is 0 Å². The van der Waals surface area contributed by atoms with E-state index in [0.29, 0.717) is 0 Å². The number of rotatable bonds is 5. The second-order valence-corrected chi connectivity index (χ2v) is 6.13. The lowest BCUT2D eigenvalue weighted by Gasteiger charge is -2.35. The molecule has 0 spiro atoms. The minimum Gasteiger partial charge on any atom is -0.354 e. The lowest BCUT2D eigenvalue weighted by molar-refractivity contribution is 0.243. The fourth-order valence-corrected chi connectivity index (χ4v) is 2.97. The second kappa shape index (κ2) is 6.98. The molecule has 3 aromatic heterocycles. The van der Waals surface area contributed by atoms with Gasteiger partial charge in [-0.2, -0.15) is 5.10 Å². The van der Waals surface area contributed by atoms with E-state index >= 15 is 0 Å². The van der Waals surface area contributed by atoms with Gasteiger partial charge in [-0.05, 0) is 13.0 Å². The van der Waals surface area contributed by atoms with Crippen LogP contribution < -0.4 is 4.90 Å². The van der Waals surface area contributed by atoms with Gasteiger partial charge < -0.3 is 4.90 Å². The van der Waals surface area contributed by atoms with Crippen LogP contribution in [0.4, 0.5) is 5.82 Å². The van der Waals surface area contributed by atoms with Crippen LogP contribution in [0.3, 0.4) is 0 Å². The van der Waals surface area contributed by atoms with Gasteiger partial charge in [-0.25, -0.2) is 14.6 Å². The number of aryl methyl sites for hydroxylation is 1. The summed E-state index contributed by atoms with van der Waals surface area (Å²) in [5, 5.41) is 12.3. The largest absolute Gasteiger partial charge is 0.354 e. The molecule has 0 saturated carbocycles. The quantitative estimate of drug-likeness (QED) is 0.665. The standard InChI is InChI=1S/C16H21N9/c1-14-2-4-25(20-14)16-12-15(17-13-18-16)23-9-6-22(7-10-23)8-11-24-5-3-19-21-24/h2-5,12-13H,6-11H2,1H3. The number of hydrogen-bond acceptors (Lipinski definition) is 7. The van der Waals surface area contributed by atoms with Gasteiger partial charge in [-0.15, -0.1) is 5.10 Å². The van der Waals surface area contributed by atoms with Crippen molar-refractivity contribution in [2.24, 2.45) is 0 Å². The second-order valence-electron chi connectivity index (χ2n) is 6.13. The molecule has 0 amide bonds. The van der Waals surface area contributed by atoms with Crippen molar-refractivity contribution in [3.05, 3.63) is 42.7 Å². The van der Waals surface area contributed by atoms with Crippen molar-refractivity contribution in [3.8, 4) is 5.82 Å². The minimum atomic E-state index is 0.798. The zero-order chi connectivity index (χ0) is 17.1. The first-order chi connectivity index (χ1) is 12.3. The highest BCUT2D eigenvalue weighted by Crippen LogP contribution is 2.16. The highest BCUT2D eigenvalue weighted by atomic mass is 15.4. The zero-order valence-corrected chi connectivity index (χ0v) is 14.2. The van der Waals surface area contributed by atoms with Gasteiger partial charge in [-0.3, -0.25) is 9.58 Å². The van der Waals surface area contributed by atoms with Crippen molar-refractivity contribution >= 4 is 5.82 Å². The number of aromatic nitrogens is 7. The van der Waals surface area contributed by atoms with Crippen molar-refractivity contribution in [2.75, 3.05) is 37.6 Å². The maximum atomic E-state index is 4.44. The van der Waals surface area contributed by atoms with E-state index in [4.69, 9.17) is 0 Å². The number of nitrogens with zero attached hydrogens (tertiary/aromatic N) is 9. The lowest BCUT2D eigenvalue weighted by atomic mass is 10.3. The Morgan fingerprint density at radius 3 is 2.56 bits per heavy atom. The summed E-state index contributed by atoms with van der Waals surface area (Å²) in [7, 11) is 0. The molecule has 9 nitrogen and oxygen atoms in total. The molecule has 0 N–H and O–H groups in total. The van der Waals surface area contributed by atoms with Gasteiger partial charge >= 0.3 is 0 Å². The van der Waals surface area contributed by atoms with Gasteiger partial charge in [0.1, 0.15) is 12.1 Å². The van der Waals surface area contributed by atoms with Crippen LogP contribution in [0.25, 0.3) is 5.82 Å². The summed E-state index contributed by atoms with van der Waals surface area (Å²) in [4.78, 5) is 13.5. The summed E-state index contributed by atoms with van der Waals surface area (Å²) in [6.07, 6.45) is 7.14. The molecule has 4 heterocycles. The van der Waals surface area contributed by atoms with Gasteiger partial charge in [-0.1, -0.05) is 5.21 Å². The third-order valence-electron chi connectivity index (χ3n) is 4.41. The Bertz CT molecular complexity index is 803. The first kappa shape index (κ1) is 15.7. The van der Waals surface area contributed by atoms with Crippen LogP contribution in [-0.4, -0.2) is 72.4 Å². The maximum absolute atomic E-state index is 4.44. The lowest BCUT2D eigenvalue weighted by Crippen LogP contribution is -2.47. The molecule has 0 bridgehead atoms. The summed E-state index contributed by atoms with van der Waals surface area (Å²) >= 11 is 0. The number of piperazine rings is 1. The summed E-state index contributed by atoms with van der Waals surface area (Å²) in [5.74, 6) is 1.75. The van der Waals surface area contributed by atoms with Crippen LogP contribution in [0.5, 0.6) is 0 Å². The smallest absolute Gasteiger partial charge is 0.158 e. The van der Waals surface area contributed by atoms with E-state index in [0.717, 1.165) is 56.6 Å². The fourth-order valence-electron chi connectivity index (χ4n) is 2.97. The molecule has 25 heavy (non-hydrogen) atoms. The SMILES string of the molecule is Cc1ccn(-c2cc(N3CCN(CCn4ccnn4)CC3)ncn2)n1. The van der Waals surface area contributed by atoms with Crippen molar-refractivity contribution < 1.29 is 0 Å². The van der Waals surface area contributed by atoms with Crippen LogP contribution in [-0.2, 0) is 6.54 Å². The van der Waals surface area contributed by atoms with E-state index in [2.05, 4.69) is 35.2 Å². The van der Waals surface area contributed by atoms with Crippen LogP contribution in [0.15, 0.2) is 37.1 Å². The minimum absolute atomic E-state index is 0.798. The molecule has 0 aromatic carbocycles. The Morgan fingerprint density at radius 1 is 1.00 bits per heavy atom. The first-order valence-corrected chi connectivity index (χ1v) is 8.44. The predicted molar refractivity (Wildman–Crippen MR) is 92.6 cm³/mol. The van der Waals surface area contributed by atoms with Crippen molar-refractivity contribution in [2.45, 2.75) is 13.5 Å². The van der Waals surface area contributed by atoms with Crippen LogP contribution in [0.1, 0.15) is 5.69 Å². The molecule has 3 aromatic rings. The Morgan fingerprint density at radius 2 is 1.84 bits per heavy atom. The molecule has 4 rings (SSSR count). The van der Waals surface area contributed by atoms with E-state index in [9.17, 15) is 0 Å². The maximum Gasteiger partial charge on any atom is 0.158 e. The van der Waals surface area contributed by atoms with E-state index in [1.807, 2.05) is 36.1 Å². The van der Waals surface area contributed by atoms with E-state index in [1.54, 1.807) is 17.2 Å². The molecule has 0 atom stereocenters. The molecule has 1 aliphatic heterocycles. The molecule has 1 saturated heterocycles. The molecule has 9 heteroatoms. The van der Waals surface area contributed by atoms with Gasteiger partial charge in [0.2, 0.25) is 0 Å². The van der Waals surface area contributed by atoms with Crippen LogP contribution >= 0.6 is 0 Å². The molecular weight excluding hydrogens is 318 g/mol. The summed E-state index contributed by atoms with van der Waals surface area (Å²) in [6.45, 7) is 7.74. The Labute approximate surface area is 145 Å². The molecule has 0 radical (unpaired) electrons. The fraction of sp³-hybridized carbons (Fsp3) is 0.438. The highest BCUT2D eigenvalue weighted by Gasteiger charge is 2.18. The Balaban J connectivity index is 1.36. The molecule has 0 unspecified atom stereocenters. The van der Waals surface area contributed by atoms with Crippen LogP contribution in [0, 0.1) is 6.92 Å². The summed E-state index contributed by atoms with van der Waals surface area (Å²) in [5.41, 5.74) is 0.973. The monoisotopic (exact) mass is 339 g/mol. The molecular formula is C16H21N9. The van der Waals surface area contributed by atoms with E-state index in [-0.39, 0.29) is 0 Å². The molecule has 130 valence electrons. The van der Waals surface area contributed by atoms with Crippen molar-refractivity contribution in [1.82, 2.24) is 39.6 Å². The Hall–Kier alpha value is -2.81. The van der Waals surface area contributed by atoms with Gasteiger partial charge in [0.05, 0.1) is 18.4 Å². The van der Waals surface area contributed by atoms with Gasteiger partial charge in [0.15, 0.2) is 5.82 Å². The topological polar surface area (TPSA) is 80.8 Å². The van der Waals surface area contributed by atoms with E-state index in [1.165, 1.54) is 0 Å². The first-order valence-electron chi connectivity index (χ1n) is 8.44. The summed E-state index contributed by atoms with van der Waals surface area (Å²) in [6, 6.07) is 3.97. The van der Waals surface area contributed by atoms with Gasteiger partial charge in [0, 0.05) is 51.2 Å². The third kappa shape index (κ3) is 3.66. The highest BCUT2D eigenvalue weighted by molar-refractivity contribution is 5.43.